The average molecular weight is 601 g/mol. The highest BCUT2D eigenvalue weighted by Gasteiger charge is 2.31. The maximum absolute atomic E-state index is 13.8. The number of para-hydroxylation sites is 2. The van der Waals surface area contributed by atoms with E-state index in [1.807, 2.05) is 63.5 Å². The van der Waals surface area contributed by atoms with Crippen molar-refractivity contribution in [3.63, 3.8) is 0 Å². The number of hydrogen-bond donors (Lipinski definition) is 0. The van der Waals surface area contributed by atoms with E-state index < -0.39 is 10.0 Å². The molecule has 0 spiro atoms. The molecule has 0 aliphatic carbocycles. The van der Waals surface area contributed by atoms with Gasteiger partial charge in [-0.25, -0.2) is 13.4 Å². The summed E-state index contributed by atoms with van der Waals surface area (Å²) in [6.45, 7) is 4.15. The van der Waals surface area contributed by atoms with E-state index in [9.17, 15) is 13.2 Å². The highest BCUT2D eigenvalue weighted by molar-refractivity contribution is 7.92. The summed E-state index contributed by atoms with van der Waals surface area (Å²) in [6, 6.07) is 19.6. The Labute approximate surface area is 245 Å². The van der Waals surface area contributed by atoms with Crippen molar-refractivity contribution in [3.05, 3.63) is 77.9 Å². The number of ether oxygens (including phenoxy) is 1. The molecule has 212 valence electrons. The summed E-state index contributed by atoms with van der Waals surface area (Å²) in [5, 5.41) is 0.589. The fourth-order valence-electron chi connectivity index (χ4n) is 4.74. The molecule has 40 heavy (non-hydrogen) atoms. The fourth-order valence-corrected chi connectivity index (χ4v) is 7.25. The minimum Gasteiger partial charge on any atom is -0.492 e. The van der Waals surface area contributed by atoms with Crippen molar-refractivity contribution in [2.45, 2.75) is 24.7 Å². The number of benzene rings is 3. The number of hydrogen-bond acceptors (Lipinski definition) is 7. The van der Waals surface area contributed by atoms with Crippen molar-refractivity contribution in [1.82, 2.24) is 9.88 Å². The predicted octanol–water partition coefficient (Wildman–Crippen LogP) is 5.47. The third kappa shape index (κ3) is 5.95. The van der Waals surface area contributed by atoms with Crippen LogP contribution in [0.1, 0.15) is 29.3 Å². The molecule has 0 radical (unpaired) electrons. The maximum Gasteiger partial charge on any atom is 0.264 e. The van der Waals surface area contributed by atoms with E-state index in [-0.39, 0.29) is 23.2 Å². The Kier molecular flexibility index (Phi) is 9.35. The van der Waals surface area contributed by atoms with E-state index >= 15 is 0 Å². The van der Waals surface area contributed by atoms with Crippen LogP contribution in [0.3, 0.4) is 0 Å². The first-order chi connectivity index (χ1) is 18.8. The Balaban J connectivity index is 0.00000370. The topological polar surface area (TPSA) is 83.0 Å². The molecular weight excluding hydrogens is 568 g/mol. The van der Waals surface area contributed by atoms with Crippen molar-refractivity contribution >= 4 is 60.7 Å². The summed E-state index contributed by atoms with van der Waals surface area (Å²) >= 11 is 1.44. The smallest absolute Gasteiger partial charge is 0.264 e. The largest absolute Gasteiger partial charge is 0.492 e. The Bertz CT molecular complexity index is 1590. The number of nitrogens with zero attached hydrogens (tertiary/aromatic N) is 4. The fraction of sp³-hybridized carbons (Fsp3) is 0.310. The van der Waals surface area contributed by atoms with Gasteiger partial charge in [0.1, 0.15) is 11.3 Å². The summed E-state index contributed by atoms with van der Waals surface area (Å²) in [6.07, 6.45) is 1.44. The van der Waals surface area contributed by atoms with E-state index in [1.54, 1.807) is 17.0 Å². The first-order valence-corrected chi connectivity index (χ1v) is 15.2. The van der Waals surface area contributed by atoms with Crippen LogP contribution in [0.5, 0.6) is 5.75 Å². The molecule has 1 aliphatic heterocycles. The Morgan fingerprint density at radius 3 is 2.50 bits per heavy atom. The van der Waals surface area contributed by atoms with Crippen molar-refractivity contribution < 1.29 is 17.9 Å². The third-order valence-electron chi connectivity index (χ3n) is 6.67. The molecule has 1 aromatic heterocycles. The van der Waals surface area contributed by atoms with Gasteiger partial charge in [0, 0.05) is 18.7 Å². The van der Waals surface area contributed by atoms with Gasteiger partial charge in [0.25, 0.3) is 15.9 Å². The lowest BCUT2D eigenvalue weighted by atomic mass is 10.2. The summed E-state index contributed by atoms with van der Waals surface area (Å²) in [4.78, 5) is 22.5. The molecule has 0 saturated heterocycles. The van der Waals surface area contributed by atoms with Crippen LogP contribution in [0.4, 0.5) is 10.8 Å². The molecule has 3 aromatic carbocycles. The van der Waals surface area contributed by atoms with Gasteiger partial charge in [-0.3, -0.25) is 14.0 Å². The molecule has 0 bridgehead atoms. The molecule has 5 rings (SSSR count). The minimum absolute atomic E-state index is 0. The van der Waals surface area contributed by atoms with Gasteiger partial charge in [0.2, 0.25) is 0 Å². The van der Waals surface area contributed by atoms with E-state index in [2.05, 4.69) is 4.90 Å². The molecule has 8 nitrogen and oxygen atoms in total. The van der Waals surface area contributed by atoms with Gasteiger partial charge in [-0.2, -0.15) is 0 Å². The number of halogens is 1. The average Bonchev–Trinajstić information content (AvgIpc) is 3.56. The Hall–Kier alpha value is -3.18. The van der Waals surface area contributed by atoms with Gasteiger partial charge < -0.3 is 9.64 Å². The van der Waals surface area contributed by atoms with Crippen molar-refractivity contribution in [2.24, 2.45) is 0 Å². The van der Waals surface area contributed by atoms with Gasteiger partial charge in [-0.1, -0.05) is 35.6 Å². The normalized spacial score (nSPS) is 12.8. The number of rotatable bonds is 10. The van der Waals surface area contributed by atoms with Crippen molar-refractivity contribution in [2.75, 3.05) is 49.5 Å². The number of carbonyl (C=O) groups is 1. The van der Waals surface area contributed by atoms with Gasteiger partial charge in [0.05, 0.1) is 21.9 Å². The second kappa shape index (κ2) is 12.6. The Morgan fingerprint density at radius 1 is 1.02 bits per heavy atom. The van der Waals surface area contributed by atoms with Gasteiger partial charge in [0.15, 0.2) is 5.13 Å². The van der Waals surface area contributed by atoms with Gasteiger partial charge in [-0.05, 0) is 88.4 Å². The number of thiazole rings is 1. The number of aromatic nitrogens is 1. The van der Waals surface area contributed by atoms with Gasteiger partial charge in [-0.15, -0.1) is 12.4 Å². The lowest BCUT2D eigenvalue weighted by molar-refractivity contribution is 0.0986. The molecular formula is C29H33ClN4O4S2. The molecule has 4 aromatic rings. The van der Waals surface area contributed by atoms with E-state index in [0.717, 1.165) is 28.7 Å². The van der Waals surface area contributed by atoms with Crippen molar-refractivity contribution in [3.8, 4) is 5.75 Å². The lowest BCUT2D eigenvalue weighted by Gasteiger charge is -2.22. The molecule has 0 saturated carbocycles. The molecule has 0 N–H and O–H groups in total. The first kappa shape index (κ1) is 29.8. The summed E-state index contributed by atoms with van der Waals surface area (Å²) < 4.78 is 35.0. The monoisotopic (exact) mass is 600 g/mol. The summed E-state index contributed by atoms with van der Waals surface area (Å²) in [5.41, 5.74) is 2.87. The second-order valence-electron chi connectivity index (χ2n) is 9.63. The quantitative estimate of drug-likeness (QED) is 0.240. The highest BCUT2D eigenvalue weighted by atomic mass is 35.5. The molecule has 11 heteroatoms. The molecule has 1 aliphatic rings. The predicted molar refractivity (Wildman–Crippen MR) is 164 cm³/mol. The van der Waals surface area contributed by atoms with Crippen LogP contribution in [0.15, 0.2) is 71.6 Å². The SMILES string of the molecule is CCOc1cccc2sc(N(CCCN(C)C)C(=O)c3ccc(S(=O)(=O)N4CCc5ccccc54)cc3)nc12.Cl. The molecule has 0 fully saturated rings. The molecule has 0 unspecified atom stereocenters. The van der Waals surface area contributed by atoms with E-state index in [0.29, 0.717) is 48.2 Å². The third-order valence-corrected chi connectivity index (χ3v) is 9.54. The van der Waals surface area contributed by atoms with Crippen LogP contribution in [0.2, 0.25) is 0 Å². The zero-order chi connectivity index (χ0) is 27.6. The van der Waals surface area contributed by atoms with Crippen LogP contribution in [-0.4, -0.2) is 64.5 Å². The van der Waals surface area contributed by atoms with Crippen LogP contribution in [0, 0.1) is 0 Å². The van der Waals surface area contributed by atoms with Crippen LogP contribution >= 0.6 is 23.7 Å². The standard InChI is InChI=1S/C29H32N4O4S2.ClH/c1-4-37-25-11-7-12-26-27(25)30-29(38-26)32(19-8-18-31(2)3)28(34)22-13-15-23(16-14-22)39(35,36)33-20-17-21-9-5-6-10-24(21)33;/h5-7,9-16H,4,8,17-20H2,1-3H3;1H. The lowest BCUT2D eigenvalue weighted by Crippen LogP contribution is -2.33. The van der Waals surface area contributed by atoms with Gasteiger partial charge >= 0.3 is 0 Å². The second-order valence-corrected chi connectivity index (χ2v) is 12.5. The minimum atomic E-state index is -3.74. The summed E-state index contributed by atoms with van der Waals surface area (Å²) in [5.74, 6) is 0.470. The van der Waals surface area contributed by atoms with E-state index in [1.165, 1.54) is 27.8 Å². The summed E-state index contributed by atoms with van der Waals surface area (Å²) in [7, 11) is 0.253. The van der Waals surface area contributed by atoms with Crippen LogP contribution in [0.25, 0.3) is 10.2 Å². The Morgan fingerprint density at radius 2 is 1.77 bits per heavy atom. The number of anilines is 2. The zero-order valence-electron chi connectivity index (χ0n) is 22.7. The molecule has 2 heterocycles. The van der Waals surface area contributed by atoms with Crippen LogP contribution in [-0.2, 0) is 16.4 Å². The molecule has 0 atom stereocenters. The zero-order valence-corrected chi connectivity index (χ0v) is 25.2. The number of fused-ring (bicyclic) bond motifs is 2. The van der Waals surface area contributed by atoms with Crippen molar-refractivity contribution in [1.29, 1.82) is 0 Å². The number of carbonyl (C=O) groups excluding carboxylic acids is 1. The van der Waals surface area contributed by atoms with Crippen LogP contribution < -0.4 is 13.9 Å². The maximum atomic E-state index is 13.8. The number of sulfonamides is 1. The molecule has 1 amide bonds. The van der Waals surface area contributed by atoms with E-state index in [4.69, 9.17) is 9.72 Å². The first-order valence-electron chi connectivity index (χ1n) is 13.0. The highest BCUT2D eigenvalue weighted by Crippen LogP contribution is 2.36. The number of amides is 1.